The van der Waals surface area contributed by atoms with E-state index in [4.69, 9.17) is 0 Å². The van der Waals surface area contributed by atoms with E-state index in [0.29, 0.717) is 12.3 Å². The van der Waals surface area contributed by atoms with Gasteiger partial charge < -0.3 is 5.32 Å². The standard InChI is InChI=1S/C13H17F2N/c14-12-4-1-5-13(15)11(12)7-6-10-3-2-8-16-9-10/h1,4-5,10,16H,2-3,6-9H2/t10-/m1/s1. The van der Waals surface area contributed by atoms with Gasteiger partial charge in [-0.25, -0.2) is 8.78 Å². The lowest BCUT2D eigenvalue weighted by Crippen LogP contribution is -2.30. The molecule has 1 aromatic carbocycles. The smallest absolute Gasteiger partial charge is 0.129 e. The average molecular weight is 225 g/mol. The van der Waals surface area contributed by atoms with E-state index in [0.717, 1.165) is 19.5 Å². The molecule has 0 aromatic heterocycles. The second-order valence-corrected chi connectivity index (χ2v) is 4.45. The third kappa shape index (κ3) is 2.79. The fraction of sp³-hybridized carbons (Fsp3) is 0.538. The van der Waals surface area contributed by atoms with Crippen LogP contribution in [0.2, 0.25) is 0 Å². The van der Waals surface area contributed by atoms with Gasteiger partial charge in [-0.15, -0.1) is 0 Å². The Morgan fingerprint density at radius 3 is 2.62 bits per heavy atom. The Kier molecular flexibility index (Phi) is 3.88. The molecule has 0 aliphatic carbocycles. The van der Waals surface area contributed by atoms with Crippen molar-refractivity contribution in [2.45, 2.75) is 25.7 Å². The SMILES string of the molecule is Fc1cccc(F)c1CC[C@H]1CCCNC1. The van der Waals surface area contributed by atoms with Gasteiger partial charge in [0, 0.05) is 5.56 Å². The third-order valence-corrected chi connectivity index (χ3v) is 3.26. The zero-order valence-electron chi connectivity index (χ0n) is 9.31. The zero-order chi connectivity index (χ0) is 11.4. The number of nitrogens with one attached hydrogen (secondary N) is 1. The molecule has 3 heteroatoms. The number of rotatable bonds is 3. The molecule has 0 bridgehead atoms. The summed E-state index contributed by atoms with van der Waals surface area (Å²) in [7, 11) is 0. The normalized spacial score (nSPS) is 21.0. The van der Waals surface area contributed by atoms with Crippen LogP contribution in [-0.4, -0.2) is 13.1 Å². The topological polar surface area (TPSA) is 12.0 Å². The van der Waals surface area contributed by atoms with E-state index in [1.165, 1.54) is 31.0 Å². The molecule has 1 nitrogen and oxygen atoms in total. The second kappa shape index (κ2) is 5.39. The van der Waals surface area contributed by atoms with Gasteiger partial charge in [0.2, 0.25) is 0 Å². The van der Waals surface area contributed by atoms with E-state index >= 15 is 0 Å². The van der Waals surface area contributed by atoms with Crippen molar-refractivity contribution in [3.63, 3.8) is 0 Å². The molecule has 0 amide bonds. The lowest BCUT2D eigenvalue weighted by atomic mass is 9.92. The molecule has 1 aliphatic rings. The summed E-state index contributed by atoms with van der Waals surface area (Å²) in [6.45, 7) is 2.06. The van der Waals surface area contributed by atoms with Crippen molar-refractivity contribution in [2.24, 2.45) is 5.92 Å². The first kappa shape index (κ1) is 11.5. The van der Waals surface area contributed by atoms with Crippen LogP contribution in [0.5, 0.6) is 0 Å². The molecular weight excluding hydrogens is 208 g/mol. The summed E-state index contributed by atoms with van der Waals surface area (Å²) in [4.78, 5) is 0. The molecule has 1 aliphatic heterocycles. The predicted octanol–water partition coefficient (Wildman–Crippen LogP) is 2.90. The molecule has 1 N–H and O–H groups in total. The number of piperidine rings is 1. The zero-order valence-corrected chi connectivity index (χ0v) is 9.31. The number of halogens is 2. The van der Waals surface area contributed by atoms with Gasteiger partial charge >= 0.3 is 0 Å². The van der Waals surface area contributed by atoms with Gasteiger partial charge in [0.1, 0.15) is 11.6 Å². The van der Waals surface area contributed by atoms with Gasteiger partial charge in [-0.2, -0.15) is 0 Å². The van der Waals surface area contributed by atoms with Crippen LogP contribution in [0, 0.1) is 17.6 Å². The van der Waals surface area contributed by atoms with E-state index in [1.54, 1.807) is 0 Å². The monoisotopic (exact) mass is 225 g/mol. The Morgan fingerprint density at radius 1 is 1.25 bits per heavy atom. The Morgan fingerprint density at radius 2 is 2.00 bits per heavy atom. The van der Waals surface area contributed by atoms with E-state index in [1.807, 2.05) is 0 Å². The van der Waals surface area contributed by atoms with Crippen LogP contribution in [0.25, 0.3) is 0 Å². The van der Waals surface area contributed by atoms with Crippen molar-refractivity contribution in [1.29, 1.82) is 0 Å². The number of hydrogen-bond acceptors (Lipinski definition) is 1. The van der Waals surface area contributed by atoms with Crippen LogP contribution < -0.4 is 5.32 Å². The molecule has 0 spiro atoms. The van der Waals surface area contributed by atoms with Crippen LogP contribution in [0.4, 0.5) is 8.78 Å². The van der Waals surface area contributed by atoms with Crippen LogP contribution >= 0.6 is 0 Å². The van der Waals surface area contributed by atoms with Crippen LogP contribution in [0.1, 0.15) is 24.8 Å². The molecule has 1 aromatic rings. The molecule has 0 saturated carbocycles. The lowest BCUT2D eigenvalue weighted by molar-refractivity contribution is 0.354. The minimum absolute atomic E-state index is 0.244. The number of hydrogen-bond donors (Lipinski definition) is 1. The Labute approximate surface area is 94.9 Å². The van der Waals surface area contributed by atoms with Crippen molar-refractivity contribution in [1.82, 2.24) is 5.32 Å². The van der Waals surface area contributed by atoms with E-state index < -0.39 is 11.6 Å². The van der Waals surface area contributed by atoms with Crippen molar-refractivity contribution >= 4 is 0 Å². The number of benzene rings is 1. The van der Waals surface area contributed by atoms with Crippen molar-refractivity contribution in [3.05, 3.63) is 35.4 Å². The van der Waals surface area contributed by atoms with Crippen molar-refractivity contribution in [2.75, 3.05) is 13.1 Å². The summed E-state index contributed by atoms with van der Waals surface area (Å²) in [5.74, 6) is -0.264. The van der Waals surface area contributed by atoms with Gasteiger partial charge in [0.05, 0.1) is 0 Å². The maximum Gasteiger partial charge on any atom is 0.129 e. The quantitative estimate of drug-likeness (QED) is 0.834. The van der Waals surface area contributed by atoms with Crippen molar-refractivity contribution in [3.8, 4) is 0 Å². The highest BCUT2D eigenvalue weighted by Gasteiger charge is 2.15. The highest BCUT2D eigenvalue weighted by molar-refractivity contribution is 5.19. The van der Waals surface area contributed by atoms with Gasteiger partial charge in [0.25, 0.3) is 0 Å². The molecule has 0 unspecified atom stereocenters. The Balaban J connectivity index is 1.93. The summed E-state index contributed by atoms with van der Waals surface area (Å²) < 4.78 is 26.7. The summed E-state index contributed by atoms with van der Waals surface area (Å²) >= 11 is 0. The highest BCUT2D eigenvalue weighted by atomic mass is 19.1. The predicted molar refractivity (Wildman–Crippen MR) is 60.3 cm³/mol. The molecule has 16 heavy (non-hydrogen) atoms. The molecular formula is C13H17F2N. The minimum Gasteiger partial charge on any atom is -0.316 e. The Hall–Kier alpha value is -0.960. The maximum atomic E-state index is 13.3. The minimum atomic E-state index is -0.413. The Bertz CT molecular complexity index is 326. The molecule has 1 atom stereocenters. The lowest BCUT2D eigenvalue weighted by Gasteiger charge is -2.22. The summed E-state index contributed by atoms with van der Waals surface area (Å²) in [5, 5.41) is 3.31. The first-order valence-corrected chi connectivity index (χ1v) is 5.91. The van der Waals surface area contributed by atoms with Crippen molar-refractivity contribution < 1.29 is 8.78 Å². The van der Waals surface area contributed by atoms with Crippen LogP contribution in [0.15, 0.2) is 18.2 Å². The largest absolute Gasteiger partial charge is 0.316 e. The van der Waals surface area contributed by atoms with E-state index in [-0.39, 0.29) is 5.56 Å². The fourth-order valence-electron chi connectivity index (χ4n) is 2.29. The third-order valence-electron chi connectivity index (χ3n) is 3.26. The fourth-order valence-corrected chi connectivity index (χ4v) is 2.29. The highest BCUT2D eigenvalue weighted by Crippen LogP contribution is 2.20. The maximum absolute atomic E-state index is 13.3. The summed E-state index contributed by atoms with van der Waals surface area (Å²) in [6, 6.07) is 4.07. The van der Waals surface area contributed by atoms with Crippen LogP contribution in [-0.2, 0) is 6.42 Å². The first-order chi connectivity index (χ1) is 7.77. The van der Waals surface area contributed by atoms with E-state index in [9.17, 15) is 8.78 Å². The molecule has 0 radical (unpaired) electrons. The average Bonchev–Trinajstić information content (AvgIpc) is 2.30. The van der Waals surface area contributed by atoms with Gasteiger partial charge in [-0.05, 0) is 56.8 Å². The molecule has 2 rings (SSSR count). The van der Waals surface area contributed by atoms with Crippen LogP contribution in [0.3, 0.4) is 0 Å². The van der Waals surface area contributed by atoms with Gasteiger partial charge in [-0.3, -0.25) is 0 Å². The first-order valence-electron chi connectivity index (χ1n) is 5.91. The summed E-state index contributed by atoms with van der Waals surface area (Å²) in [5.41, 5.74) is 0.244. The van der Waals surface area contributed by atoms with Gasteiger partial charge in [-0.1, -0.05) is 6.07 Å². The second-order valence-electron chi connectivity index (χ2n) is 4.45. The molecule has 1 saturated heterocycles. The molecule has 88 valence electrons. The van der Waals surface area contributed by atoms with E-state index in [2.05, 4.69) is 5.32 Å². The van der Waals surface area contributed by atoms with Gasteiger partial charge in [0.15, 0.2) is 0 Å². The summed E-state index contributed by atoms with van der Waals surface area (Å²) in [6.07, 6.45) is 3.71. The molecule has 1 fully saturated rings. The molecule has 1 heterocycles.